The van der Waals surface area contributed by atoms with Crippen LogP contribution in [0.25, 0.3) is 5.78 Å². The van der Waals surface area contributed by atoms with Crippen molar-refractivity contribution < 1.29 is 4.74 Å². The van der Waals surface area contributed by atoms with Gasteiger partial charge in [0.15, 0.2) is 0 Å². The molecule has 0 saturated heterocycles. The number of aryl methyl sites for hydroxylation is 1. The number of rotatable bonds is 4. The van der Waals surface area contributed by atoms with Gasteiger partial charge in [0.2, 0.25) is 0 Å². The van der Waals surface area contributed by atoms with Crippen molar-refractivity contribution in [3.8, 4) is 5.75 Å². The van der Waals surface area contributed by atoms with Crippen LogP contribution >= 0.6 is 0 Å². The molecule has 3 rings (SSSR count). The summed E-state index contributed by atoms with van der Waals surface area (Å²) in [5, 5.41) is 7.49. The van der Waals surface area contributed by atoms with E-state index in [4.69, 9.17) is 4.74 Å². The van der Waals surface area contributed by atoms with E-state index in [9.17, 15) is 0 Å². The van der Waals surface area contributed by atoms with Crippen molar-refractivity contribution in [1.29, 1.82) is 0 Å². The zero-order chi connectivity index (χ0) is 13.9. The lowest BCUT2D eigenvalue weighted by Crippen LogP contribution is -2.04. The number of fused-ring (bicyclic) bond motifs is 1. The van der Waals surface area contributed by atoms with Crippen molar-refractivity contribution in [3.05, 3.63) is 42.4 Å². The number of anilines is 2. The number of ether oxygens (including phenoxy) is 1. The van der Waals surface area contributed by atoms with Gasteiger partial charge in [0.05, 0.1) is 12.3 Å². The fourth-order valence-electron chi connectivity index (χ4n) is 2.01. The van der Waals surface area contributed by atoms with E-state index in [0.717, 1.165) is 22.9 Å². The van der Waals surface area contributed by atoms with Crippen LogP contribution in [0.1, 0.15) is 12.6 Å². The van der Waals surface area contributed by atoms with Gasteiger partial charge in [-0.25, -0.2) is 4.98 Å². The predicted molar refractivity (Wildman–Crippen MR) is 76.4 cm³/mol. The first-order valence-corrected chi connectivity index (χ1v) is 6.44. The zero-order valence-corrected chi connectivity index (χ0v) is 11.4. The second kappa shape index (κ2) is 5.16. The van der Waals surface area contributed by atoms with Gasteiger partial charge in [0.1, 0.15) is 17.9 Å². The van der Waals surface area contributed by atoms with Crippen LogP contribution in [-0.4, -0.2) is 26.2 Å². The van der Waals surface area contributed by atoms with Gasteiger partial charge in [0, 0.05) is 11.8 Å². The highest BCUT2D eigenvalue weighted by Crippen LogP contribution is 2.27. The summed E-state index contributed by atoms with van der Waals surface area (Å²) in [5.41, 5.74) is 1.76. The largest absolute Gasteiger partial charge is 0.492 e. The lowest BCUT2D eigenvalue weighted by molar-refractivity contribution is 0.342. The van der Waals surface area contributed by atoms with Crippen LogP contribution in [0.2, 0.25) is 0 Å². The average molecular weight is 269 g/mol. The fourth-order valence-corrected chi connectivity index (χ4v) is 2.01. The van der Waals surface area contributed by atoms with Crippen molar-refractivity contribution in [1.82, 2.24) is 19.6 Å². The average Bonchev–Trinajstić information content (AvgIpc) is 2.89. The molecule has 6 heteroatoms. The van der Waals surface area contributed by atoms with Gasteiger partial charge < -0.3 is 10.1 Å². The number of nitrogens with one attached hydrogen (secondary N) is 1. The van der Waals surface area contributed by atoms with E-state index in [1.54, 1.807) is 4.52 Å². The molecule has 20 heavy (non-hydrogen) atoms. The van der Waals surface area contributed by atoms with Crippen molar-refractivity contribution >= 4 is 17.3 Å². The van der Waals surface area contributed by atoms with Crippen molar-refractivity contribution in [3.63, 3.8) is 0 Å². The van der Waals surface area contributed by atoms with Crippen LogP contribution in [0.3, 0.4) is 0 Å². The van der Waals surface area contributed by atoms with Crippen molar-refractivity contribution in [2.45, 2.75) is 13.8 Å². The molecule has 0 aliphatic rings. The molecule has 0 spiro atoms. The van der Waals surface area contributed by atoms with E-state index in [-0.39, 0.29) is 0 Å². The molecule has 6 nitrogen and oxygen atoms in total. The number of hydrogen-bond acceptors (Lipinski definition) is 5. The molecule has 0 fully saturated rings. The number of benzene rings is 1. The van der Waals surface area contributed by atoms with Crippen LogP contribution in [0.4, 0.5) is 11.5 Å². The highest BCUT2D eigenvalue weighted by Gasteiger charge is 2.08. The highest BCUT2D eigenvalue weighted by atomic mass is 16.5. The molecule has 0 aliphatic heterocycles. The molecule has 1 aromatic carbocycles. The lowest BCUT2D eigenvalue weighted by Gasteiger charge is -2.13. The minimum atomic E-state index is 0.571. The number of nitrogens with zero attached hydrogens (tertiary/aromatic N) is 4. The summed E-state index contributed by atoms with van der Waals surface area (Å²) in [6.45, 7) is 4.50. The Bertz CT molecular complexity index is 737. The van der Waals surface area contributed by atoms with Gasteiger partial charge in [0.25, 0.3) is 5.78 Å². The molecule has 3 aromatic rings. The fraction of sp³-hybridized carbons (Fsp3) is 0.214. The first-order chi connectivity index (χ1) is 9.78. The highest BCUT2D eigenvalue weighted by molar-refractivity contribution is 5.65. The number of hydrogen-bond donors (Lipinski definition) is 1. The summed E-state index contributed by atoms with van der Waals surface area (Å²) >= 11 is 0. The second-order valence-electron chi connectivity index (χ2n) is 4.31. The molecule has 0 aliphatic carbocycles. The van der Waals surface area contributed by atoms with Crippen LogP contribution in [0.15, 0.2) is 36.7 Å². The molecule has 102 valence electrons. The Morgan fingerprint density at radius 3 is 3.00 bits per heavy atom. The predicted octanol–water partition coefficient (Wildman–Crippen LogP) is 2.58. The molecular weight excluding hydrogens is 254 g/mol. The van der Waals surface area contributed by atoms with Crippen LogP contribution in [0, 0.1) is 6.92 Å². The topological polar surface area (TPSA) is 64.3 Å². The maximum atomic E-state index is 5.61. The lowest BCUT2D eigenvalue weighted by atomic mass is 10.3. The Kier molecular flexibility index (Phi) is 3.20. The summed E-state index contributed by atoms with van der Waals surface area (Å²) in [6, 6.07) is 9.71. The Hall–Kier alpha value is -2.63. The summed E-state index contributed by atoms with van der Waals surface area (Å²) in [5.74, 6) is 2.18. The normalized spacial score (nSPS) is 10.7. The van der Waals surface area contributed by atoms with Crippen molar-refractivity contribution in [2.24, 2.45) is 0 Å². The first-order valence-electron chi connectivity index (χ1n) is 6.44. The Balaban J connectivity index is 2.03. The molecule has 2 aromatic heterocycles. The SMILES string of the molecule is CCOc1ccccc1Nc1cc(C)nc2ncnn12. The van der Waals surface area contributed by atoms with E-state index in [0.29, 0.717) is 12.4 Å². The third kappa shape index (κ3) is 2.27. The quantitative estimate of drug-likeness (QED) is 0.788. The maximum absolute atomic E-state index is 5.61. The minimum absolute atomic E-state index is 0.571. The van der Waals surface area contributed by atoms with Crippen molar-refractivity contribution in [2.75, 3.05) is 11.9 Å². The Labute approximate surface area is 116 Å². The monoisotopic (exact) mass is 269 g/mol. The third-order valence-corrected chi connectivity index (χ3v) is 2.83. The van der Waals surface area contributed by atoms with Gasteiger partial charge in [-0.15, -0.1) is 0 Å². The van der Waals surface area contributed by atoms with Gasteiger partial charge in [-0.05, 0) is 26.0 Å². The molecule has 0 radical (unpaired) electrons. The molecule has 0 bridgehead atoms. The van der Waals surface area contributed by atoms with Gasteiger partial charge in [-0.2, -0.15) is 14.6 Å². The Morgan fingerprint density at radius 1 is 1.30 bits per heavy atom. The zero-order valence-electron chi connectivity index (χ0n) is 11.4. The maximum Gasteiger partial charge on any atom is 0.254 e. The van der Waals surface area contributed by atoms with Gasteiger partial charge in [-0.1, -0.05) is 12.1 Å². The van der Waals surface area contributed by atoms with Crippen LogP contribution in [0.5, 0.6) is 5.75 Å². The first kappa shape index (κ1) is 12.4. The summed E-state index contributed by atoms with van der Waals surface area (Å²) in [7, 11) is 0. The molecular formula is C14H15N5O. The molecule has 2 heterocycles. The van der Waals surface area contributed by atoms with Gasteiger partial charge in [-0.3, -0.25) is 0 Å². The smallest absolute Gasteiger partial charge is 0.254 e. The van der Waals surface area contributed by atoms with E-state index in [1.807, 2.05) is 44.2 Å². The van der Waals surface area contributed by atoms with Crippen LogP contribution in [-0.2, 0) is 0 Å². The van der Waals surface area contributed by atoms with E-state index in [2.05, 4.69) is 20.4 Å². The number of para-hydroxylation sites is 2. The van der Waals surface area contributed by atoms with E-state index in [1.165, 1.54) is 6.33 Å². The third-order valence-electron chi connectivity index (χ3n) is 2.83. The minimum Gasteiger partial charge on any atom is -0.492 e. The van der Waals surface area contributed by atoms with Crippen LogP contribution < -0.4 is 10.1 Å². The summed E-state index contributed by atoms with van der Waals surface area (Å²) < 4.78 is 7.27. The van der Waals surface area contributed by atoms with E-state index >= 15 is 0 Å². The summed E-state index contributed by atoms with van der Waals surface area (Å²) in [4.78, 5) is 8.42. The van der Waals surface area contributed by atoms with E-state index < -0.39 is 0 Å². The number of aromatic nitrogens is 4. The second-order valence-corrected chi connectivity index (χ2v) is 4.31. The summed E-state index contributed by atoms with van der Waals surface area (Å²) in [6.07, 6.45) is 1.49. The molecule has 1 N–H and O–H groups in total. The Morgan fingerprint density at radius 2 is 2.15 bits per heavy atom. The standard InChI is InChI=1S/C14H15N5O/c1-3-20-12-7-5-4-6-11(12)18-13-8-10(2)17-14-15-9-16-19(13)14/h4-9,18H,3H2,1-2H3. The molecule has 0 saturated carbocycles. The molecule has 0 atom stereocenters. The van der Waals surface area contributed by atoms with Gasteiger partial charge >= 0.3 is 0 Å². The molecule has 0 unspecified atom stereocenters. The molecule has 0 amide bonds.